The molecule has 7 nitrogen and oxygen atoms in total. The van der Waals surface area contributed by atoms with Gasteiger partial charge < -0.3 is 24.6 Å². The van der Waals surface area contributed by atoms with Crippen LogP contribution in [0.15, 0.2) is 41.3 Å². The Balaban J connectivity index is 2.26. The maximum absolute atomic E-state index is 12.4. The zero-order valence-corrected chi connectivity index (χ0v) is 13.7. The minimum Gasteiger partial charge on any atom is -0.485 e. The quantitative estimate of drug-likeness (QED) is 0.696. The van der Waals surface area contributed by atoms with E-state index >= 15 is 0 Å². The molecule has 2 unspecified atom stereocenters. The molecule has 1 aromatic carbocycles. The van der Waals surface area contributed by atoms with Gasteiger partial charge in [-0.3, -0.25) is 4.79 Å². The van der Waals surface area contributed by atoms with E-state index in [9.17, 15) is 20.1 Å². The van der Waals surface area contributed by atoms with Gasteiger partial charge in [0.2, 0.25) is 0 Å². The molecule has 130 valence electrons. The number of pyridine rings is 1. The molecule has 0 aliphatic carbocycles. The molecule has 0 saturated carbocycles. The second kappa shape index (κ2) is 6.01. The van der Waals surface area contributed by atoms with Gasteiger partial charge in [-0.15, -0.1) is 0 Å². The number of ether oxygens (including phenoxy) is 1. The first-order valence-corrected chi connectivity index (χ1v) is 7.74. The smallest absolute Gasteiger partial charge is 0.251 e. The van der Waals surface area contributed by atoms with Gasteiger partial charge >= 0.3 is 0 Å². The van der Waals surface area contributed by atoms with Crippen LogP contribution in [-0.4, -0.2) is 31.6 Å². The summed E-state index contributed by atoms with van der Waals surface area (Å²) in [5.41, 5.74) is -0.434. The maximum Gasteiger partial charge on any atom is 0.251 e. The highest BCUT2D eigenvalue weighted by Crippen LogP contribution is 2.41. The maximum atomic E-state index is 12.4. The largest absolute Gasteiger partial charge is 0.485 e. The fourth-order valence-corrected chi connectivity index (χ4v) is 3.03. The Hall–Kier alpha value is -2.66. The van der Waals surface area contributed by atoms with Crippen LogP contribution in [0.5, 0.6) is 5.75 Å². The summed E-state index contributed by atoms with van der Waals surface area (Å²) >= 11 is 0. The number of fused-ring (bicyclic) bond motifs is 1. The molecule has 1 aliphatic rings. The number of aliphatic hydroxyl groups is 3. The molecule has 7 heteroatoms. The summed E-state index contributed by atoms with van der Waals surface area (Å²) in [7, 11) is 0. The van der Waals surface area contributed by atoms with Gasteiger partial charge in [-0.25, -0.2) is 0 Å². The first-order valence-electron chi connectivity index (χ1n) is 7.74. The third kappa shape index (κ3) is 2.91. The van der Waals surface area contributed by atoms with Crippen molar-refractivity contribution in [1.82, 2.24) is 4.57 Å². The molecule has 0 spiro atoms. The van der Waals surface area contributed by atoms with E-state index in [0.29, 0.717) is 16.9 Å². The standard InChI is InChI=1S/C18H18N2O5/c1-18(2)16(22)15(12-7-10(8-19)3-5-13(12)25-18)20-9-11(17(23)24)4-6-14(20)21/h3-7,9,15-17,22-24H,1-2H3. The summed E-state index contributed by atoms with van der Waals surface area (Å²) in [6, 6.07) is 8.50. The van der Waals surface area contributed by atoms with Gasteiger partial charge in [0.15, 0.2) is 6.29 Å². The van der Waals surface area contributed by atoms with Gasteiger partial charge in [-0.2, -0.15) is 5.26 Å². The highest BCUT2D eigenvalue weighted by molar-refractivity contribution is 5.46. The third-order valence-electron chi connectivity index (χ3n) is 4.40. The van der Waals surface area contributed by atoms with E-state index in [4.69, 9.17) is 10.00 Å². The molecule has 0 fully saturated rings. The van der Waals surface area contributed by atoms with E-state index in [1.54, 1.807) is 32.0 Å². The molecule has 0 radical (unpaired) electrons. The molecule has 3 rings (SSSR count). The van der Waals surface area contributed by atoms with Crippen LogP contribution in [0, 0.1) is 11.3 Å². The lowest BCUT2D eigenvalue weighted by atomic mass is 9.85. The molecular weight excluding hydrogens is 324 g/mol. The average Bonchev–Trinajstić information content (AvgIpc) is 2.56. The Morgan fingerprint density at radius 2 is 2.00 bits per heavy atom. The van der Waals surface area contributed by atoms with Crippen LogP contribution in [0.1, 0.15) is 42.9 Å². The Morgan fingerprint density at radius 3 is 2.64 bits per heavy atom. The summed E-state index contributed by atoms with van der Waals surface area (Å²) < 4.78 is 7.07. The highest BCUT2D eigenvalue weighted by atomic mass is 16.5. The van der Waals surface area contributed by atoms with Crippen molar-refractivity contribution in [3.63, 3.8) is 0 Å². The molecule has 0 saturated heterocycles. The van der Waals surface area contributed by atoms with Crippen LogP contribution >= 0.6 is 0 Å². The Morgan fingerprint density at radius 1 is 1.28 bits per heavy atom. The molecule has 25 heavy (non-hydrogen) atoms. The lowest BCUT2D eigenvalue weighted by Crippen LogP contribution is -2.52. The van der Waals surface area contributed by atoms with E-state index in [1.165, 1.54) is 22.9 Å². The van der Waals surface area contributed by atoms with E-state index in [-0.39, 0.29) is 5.56 Å². The molecule has 1 aliphatic heterocycles. The first kappa shape index (κ1) is 17.2. The van der Waals surface area contributed by atoms with Crippen molar-refractivity contribution >= 4 is 0 Å². The number of nitrogens with zero attached hydrogens (tertiary/aromatic N) is 2. The zero-order chi connectivity index (χ0) is 18.4. The molecule has 2 heterocycles. The summed E-state index contributed by atoms with van der Waals surface area (Å²) in [4.78, 5) is 12.4. The van der Waals surface area contributed by atoms with E-state index in [0.717, 1.165) is 0 Å². The van der Waals surface area contributed by atoms with Crippen LogP contribution in [-0.2, 0) is 0 Å². The molecule has 2 aromatic rings. The van der Waals surface area contributed by atoms with Gasteiger partial charge in [0.05, 0.1) is 17.7 Å². The van der Waals surface area contributed by atoms with Crippen molar-refractivity contribution in [2.75, 3.05) is 0 Å². The topological polar surface area (TPSA) is 116 Å². The lowest BCUT2D eigenvalue weighted by molar-refractivity contribution is -0.0652. The van der Waals surface area contributed by atoms with Crippen molar-refractivity contribution in [1.29, 1.82) is 5.26 Å². The van der Waals surface area contributed by atoms with Gasteiger partial charge in [0, 0.05) is 23.4 Å². The number of aromatic nitrogens is 1. The Kier molecular flexibility index (Phi) is 4.13. The fraction of sp³-hybridized carbons (Fsp3) is 0.333. The van der Waals surface area contributed by atoms with E-state index in [1.807, 2.05) is 6.07 Å². The van der Waals surface area contributed by atoms with Gasteiger partial charge in [0.25, 0.3) is 5.56 Å². The number of hydrogen-bond donors (Lipinski definition) is 3. The zero-order valence-electron chi connectivity index (χ0n) is 13.7. The Bertz CT molecular complexity index is 910. The van der Waals surface area contributed by atoms with Crippen molar-refractivity contribution in [3.8, 4) is 11.8 Å². The SMILES string of the molecule is CC1(C)Oc2ccc(C#N)cc2C(n2cc(C(O)O)ccc2=O)C1O. The monoisotopic (exact) mass is 342 g/mol. The normalized spacial score (nSPS) is 21.3. The number of hydrogen-bond acceptors (Lipinski definition) is 6. The number of nitriles is 1. The molecule has 0 amide bonds. The highest BCUT2D eigenvalue weighted by Gasteiger charge is 2.44. The molecule has 1 aromatic heterocycles. The minimum atomic E-state index is -1.75. The van der Waals surface area contributed by atoms with Gasteiger partial charge in [-0.1, -0.05) is 0 Å². The van der Waals surface area contributed by atoms with Crippen molar-refractivity contribution in [3.05, 3.63) is 63.6 Å². The van der Waals surface area contributed by atoms with Crippen molar-refractivity contribution in [2.45, 2.75) is 37.9 Å². The number of benzene rings is 1. The average molecular weight is 342 g/mol. The minimum absolute atomic E-state index is 0.120. The van der Waals surface area contributed by atoms with Crippen LogP contribution < -0.4 is 10.3 Å². The van der Waals surface area contributed by atoms with Gasteiger partial charge in [-0.05, 0) is 38.1 Å². The Labute approximate surface area is 144 Å². The van der Waals surface area contributed by atoms with Crippen LogP contribution in [0.25, 0.3) is 0 Å². The number of rotatable bonds is 2. The van der Waals surface area contributed by atoms with Crippen LogP contribution in [0.3, 0.4) is 0 Å². The molecular formula is C18H18N2O5. The third-order valence-corrected chi connectivity index (χ3v) is 4.40. The first-order chi connectivity index (χ1) is 11.7. The fourth-order valence-electron chi connectivity index (χ4n) is 3.03. The molecule has 0 bridgehead atoms. The lowest BCUT2D eigenvalue weighted by Gasteiger charge is -2.42. The predicted octanol–water partition coefficient (Wildman–Crippen LogP) is 0.824. The summed E-state index contributed by atoms with van der Waals surface area (Å²) in [6.07, 6.45) is -1.55. The van der Waals surface area contributed by atoms with Crippen LogP contribution in [0.2, 0.25) is 0 Å². The van der Waals surface area contributed by atoms with Crippen molar-refractivity contribution < 1.29 is 20.1 Å². The second-order valence-corrected chi connectivity index (χ2v) is 6.54. The van der Waals surface area contributed by atoms with E-state index < -0.39 is 29.6 Å². The molecule has 2 atom stereocenters. The second-order valence-electron chi connectivity index (χ2n) is 6.54. The number of aliphatic hydroxyl groups excluding tert-OH is 2. The summed E-state index contributed by atoms with van der Waals surface area (Å²) in [5.74, 6) is 0.459. The van der Waals surface area contributed by atoms with Crippen LogP contribution in [0.4, 0.5) is 0 Å². The van der Waals surface area contributed by atoms with E-state index in [2.05, 4.69) is 0 Å². The predicted molar refractivity (Wildman–Crippen MR) is 87.9 cm³/mol. The molecule has 3 N–H and O–H groups in total. The summed E-state index contributed by atoms with van der Waals surface area (Å²) in [5, 5.41) is 38.8. The van der Waals surface area contributed by atoms with Gasteiger partial charge in [0.1, 0.15) is 17.5 Å². The van der Waals surface area contributed by atoms with Crippen molar-refractivity contribution in [2.24, 2.45) is 0 Å². The summed E-state index contributed by atoms with van der Waals surface area (Å²) in [6.45, 7) is 3.39.